The topological polar surface area (TPSA) is 29.5 Å². The minimum Gasteiger partial charge on any atom is -0.387 e. The highest BCUT2D eigenvalue weighted by atomic mass is 16.5. The highest BCUT2D eigenvalue weighted by Crippen LogP contribution is 2.34. The van der Waals surface area contributed by atoms with Gasteiger partial charge in [0.05, 0.1) is 17.8 Å². The maximum atomic E-state index is 10.2. The Hall–Kier alpha value is -0.340. The molecule has 0 spiro atoms. The van der Waals surface area contributed by atoms with Crippen LogP contribution in [-0.2, 0) is 4.74 Å². The Balaban J connectivity index is 2.20. The molecule has 2 nitrogen and oxygen atoms in total. The number of aliphatic hydroxyl groups is 1. The van der Waals surface area contributed by atoms with E-state index in [1.54, 1.807) is 0 Å². The number of rotatable bonds is 0. The second-order valence-electron chi connectivity index (χ2n) is 4.89. The van der Waals surface area contributed by atoms with Crippen molar-refractivity contribution in [1.82, 2.24) is 0 Å². The third-order valence-electron chi connectivity index (χ3n) is 3.58. The molecule has 1 N–H and O–H groups in total. The van der Waals surface area contributed by atoms with Crippen LogP contribution in [0.15, 0.2) is 11.6 Å². The summed E-state index contributed by atoms with van der Waals surface area (Å²) in [6, 6.07) is 0. The Morgan fingerprint density at radius 3 is 3.07 bits per heavy atom. The molecule has 80 valence electrons. The molecule has 0 saturated carbocycles. The van der Waals surface area contributed by atoms with Gasteiger partial charge in [-0.1, -0.05) is 6.08 Å². The lowest BCUT2D eigenvalue weighted by atomic mass is 9.84. The SMILES string of the molecule is C/C1=C/CC[C@](C)(O)[C@H]2CCC[C@@H]1O2. The number of fused-ring (bicyclic) bond motifs is 2. The molecular weight excluding hydrogens is 176 g/mol. The summed E-state index contributed by atoms with van der Waals surface area (Å²) in [4.78, 5) is 0. The summed E-state index contributed by atoms with van der Waals surface area (Å²) in [5, 5.41) is 10.2. The van der Waals surface area contributed by atoms with Gasteiger partial charge in [-0.2, -0.15) is 0 Å². The Morgan fingerprint density at radius 1 is 1.50 bits per heavy atom. The fourth-order valence-corrected chi connectivity index (χ4v) is 2.50. The van der Waals surface area contributed by atoms with Crippen LogP contribution in [0, 0.1) is 0 Å². The van der Waals surface area contributed by atoms with Gasteiger partial charge in [0, 0.05) is 0 Å². The van der Waals surface area contributed by atoms with Crippen molar-refractivity contribution in [3.05, 3.63) is 11.6 Å². The summed E-state index contributed by atoms with van der Waals surface area (Å²) in [7, 11) is 0. The number of allylic oxidation sites excluding steroid dienone is 1. The normalized spacial score (nSPS) is 47.5. The fraction of sp³-hybridized carbons (Fsp3) is 0.833. The van der Waals surface area contributed by atoms with Crippen LogP contribution in [0.2, 0.25) is 0 Å². The van der Waals surface area contributed by atoms with Crippen molar-refractivity contribution in [1.29, 1.82) is 0 Å². The maximum absolute atomic E-state index is 10.2. The van der Waals surface area contributed by atoms with Crippen LogP contribution >= 0.6 is 0 Å². The third-order valence-corrected chi connectivity index (χ3v) is 3.58. The first kappa shape index (κ1) is 10.2. The van der Waals surface area contributed by atoms with Crippen molar-refractivity contribution < 1.29 is 9.84 Å². The van der Waals surface area contributed by atoms with Crippen molar-refractivity contribution in [2.75, 3.05) is 0 Å². The first-order chi connectivity index (χ1) is 6.59. The van der Waals surface area contributed by atoms with Gasteiger partial charge < -0.3 is 9.84 Å². The zero-order chi connectivity index (χ0) is 10.2. The predicted octanol–water partition coefficient (Wildman–Crippen LogP) is 2.42. The van der Waals surface area contributed by atoms with E-state index in [0.717, 1.165) is 25.7 Å². The zero-order valence-corrected chi connectivity index (χ0v) is 9.12. The highest BCUT2D eigenvalue weighted by molar-refractivity contribution is 5.09. The van der Waals surface area contributed by atoms with Crippen LogP contribution in [0.25, 0.3) is 0 Å². The Bertz CT molecular complexity index is 243. The van der Waals surface area contributed by atoms with Crippen LogP contribution in [0.1, 0.15) is 46.0 Å². The summed E-state index contributed by atoms with van der Waals surface area (Å²) < 4.78 is 5.94. The first-order valence-electron chi connectivity index (χ1n) is 5.64. The monoisotopic (exact) mass is 196 g/mol. The summed E-state index contributed by atoms with van der Waals surface area (Å²) in [6.45, 7) is 4.06. The van der Waals surface area contributed by atoms with Gasteiger partial charge in [-0.15, -0.1) is 0 Å². The van der Waals surface area contributed by atoms with Crippen LogP contribution in [0.3, 0.4) is 0 Å². The summed E-state index contributed by atoms with van der Waals surface area (Å²) >= 11 is 0. The van der Waals surface area contributed by atoms with E-state index in [4.69, 9.17) is 4.74 Å². The summed E-state index contributed by atoms with van der Waals surface area (Å²) in [5.41, 5.74) is 0.723. The molecule has 0 aliphatic carbocycles. The average molecular weight is 196 g/mol. The van der Waals surface area contributed by atoms with Gasteiger partial charge >= 0.3 is 0 Å². The number of hydrogen-bond donors (Lipinski definition) is 1. The quantitative estimate of drug-likeness (QED) is 0.603. The molecule has 2 heterocycles. The van der Waals surface area contributed by atoms with Gasteiger partial charge in [0.2, 0.25) is 0 Å². The lowest BCUT2D eigenvalue weighted by molar-refractivity contribution is -0.144. The van der Waals surface area contributed by atoms with Gasteiger partial charge in [-0.25, -0.2) is 0 Å². The molecular formula is C12H20O2. The smallest absolute Gasteiger partial charge is 0.0883 e. The minimum atomic E-state index is -0.629. The lowest BCUT2D eigenvalue weighted by Crippen LogP contribution is -2.46. The van der Waals surface area contributed by atoms with E-state index in [9.17, 15) is 5.11 Å². The lowest BCUT2D eigenvalue weighted by Gasteiger charge is -2.40. The van der Waals surface area contributed by atoms with Crippen LogP contribution < -0.4 is 0 Å². The maximum Gasteiger partial charge on any atom is 0.0883 e. The van der Waals surface area contributed by atoms with Gasteiger partial charge in [0.1, 0.15) is 0 Å². The van der Waals surface area contributed by atoms with E-state index in [1.807, 2.05) is 6.92 Å². The average Bonchev–Trinajstić information content (AvgIpc) is 2.16. The first-order valence-corrected chi connectivity index (χ1v) is 5.64. The summed E-state index contributed by atoms with van der Waals surface area (Å²) in [5.74, 6) is 0. The summed E-state index contributed by atoms with van der Waals surface area (Å²) in [6.07, 6.45) is 7.64. The Kier molecular flexibility index (Phi) is 2.67. The Morgan fingerprint density at radius 2 is 2.29 bits per heavy atom. The second-order valence-corrected chi connectivity index (χ2v) is 4.89. The largest absolute Gasteiger partial charge is 0.387 e. The minimum absolute atomic E-state index is 0.0462. The molecule has 0 aromatic carbocycles. The molecule has 2 aliphatic heterocycles. The van der Waals surface area contributed by atoms with E-state index in [1.165, 1.54) is 12.0 Å². The highest BCUT2D eigenvalue weighted by Gasteiger charge is 2.37. The molecule has 2 bridgehead atoms. The van der Waals surface area contributed by atoms with E-state index < -0.39 is 5.60 Å². The fourth-order valence-electron chi connectivity index (χ4n) is 2.50. The number of ether oxygens (including phenoxy) is 1. The molecule has 2 rings (SSSR count). The molecule has 0 aromatic heterocycles. The molecule has 2 heteroatoms. The standard InChI is InChI=1S/C12H20O2/c1-9-5-4-8-12(2,13)11-7-3-6-10(9)14-11/h5,10-11,13H,3-4,6-8H2,1-2H3/b9-5-/t10-,11+,12-/m0/s1. The molecule has 3 atom stereocenters. The van der Waals surface area contributed by atoms with E-state index in [0.29, 0.717) is 0 Å². The van der Waals surface area contributed by atoms with Crippen molar-refractivity contribution in [3.8, 4) is 0 Å². The van der Waals surface area contributed by atoms with Crippen LogP contribution in [0.4, 0.5) is 0 Å². The molecule has 0 amide bonds. The van der Waals surface area contributed by atoms with E-state index >= 15 is 0 Å². The molecule has 0 unspecified atom stereocenters. The van der Waals surface area contributed by atoms with Crippen molar-refractivity contribution >= 4 is 0 Å². The van der Waals surface area contributed by atoms with Gasteiger partial charge in [0.25, 0.3) is 0 Å². The molecule has 0 radical (unpaired) electrons. The van der Waals surface area contributed by atoms with Gasteiger partial charge in [-0.3, -0.25) is 0 Å². The second kappa shape index (κ2) is 3.67. The molecule has 1 fully saturated rings. The van der Waals surface area contributed by atoms with Crippen molar-refractivity contribution in [2.45, 2.75) is 63.8 Å². The van der Waals surface area contributed by atoms with E-state index in [2.05, 4.69) is 13.0 Å². The molecule has 0 aromatic rings. The number of hydrogen-bond acceptors (Lipinski definition) is 2. The van der Waals surface area contributed by atoms with Crippen molar-refractivity contribution in [3.63, 3.8) is 0 Å². The third kappa shape index (κ3) is 1.86. The van der Waals surface area contributed by atoms with Crippen LogP contribution in [-0.4, -0.2) is 22.9 Å². The van der Waals surface area contributed by atoms with Crippen LogP contribution in [0.5, 0.6) is 0 Å². The van der Waals surface area contributed by atoms with E-state index in [-0.39, 0.29) is 12.2 Å². The molecule has 14 heavy (non-hydrogen) atoms. The van der Waals surface area contributed by atoms with Gasteiger partial charge in [0.15, 0.2) is 0 Å². The zero-order valence-electron chi connectivity index (χ0n) is 9.12. The predicted molar refractivity (Wildman–Crippen MR) is 56.1 cm³/mol. The van der Waals surface area contributed by atoms with Crippen molar-refractivity contribution in [2.24, 2.45) is 0 Å². The Labute approximate surface area is 86.0 Å². The molecule has 2 aliphatic rings. The molecule has 1 saturated heterocycles. The van der Waals surface area contributed by atoms with Gasteiger partial charge in [-0.05, 0) is 51.5 Å².